The summed E-state index contributed by atoms with van der Waals surface area (Å²) in [6, 6.07) is 9.64. The molecule has 7 heteroatoms. The summed E-state index contributed by atoms with van der Waals surface area (Å²) >= 11 is 1.37. The number of thiazole rings is 1. The third-order valence-corrected chi connectivity index (χ3v) is 3.83. The van der Waals surface area contributed by atoms with E-state index in [1.807, 2.05) is 30.3 Å². The molecule has 0 bridgehead atoms. The van der Waals surface area contributed by atoms with E-state index in [1.165, 1.54) is 16.2 Å². The van der Waals surface area contributed by atoms with Gasteiger partial charge in [0.25, 0.3) is 5.91 Å². The van der Waals surface area contributed by atoms with Gasteiger partial charge in [-0.25, -0.2) is 4.98 Å². The van der Waals surface area contributed by atoms with Crippen LogP contribution >= 0.6 is 11.3 Å². The van der Waals surface area contributed by atoms with E-state index in [4.69, 9.17) is 0 Å². The van der Waals surface area contributed by atoms with Crippen LogP contribution in [0.2, 0.25) is 0 Å². The predicted molar refractivity (Wildman–Crippen MR) is 80.8 cm³/mol. The maximum atomic E-state index is 12.3. The van der Waals surface area contributed by atoms with E-state index in [2.05, 4.69) is 15.6 Å². The number of piperazine rings is 1. The van der Waals surface area contributed by atoms with Crippen LogP contribution in [0.4, 0.5) is 10.8 Å². The lowest BCUT2D eigenvalue weighted by atomic mass is 10.3. The molecule has 21 heavy (non-hydrogen) atoms. The van der Waals surface area contributed by atoms with Gasteiger partial charge < -0.3 is 15.5 Å². The number of anilines is 2. The van der Waals surface area contributed by atoms with Crippen molar-refractivity contribution in [2.75, 3.05) is 25.0 Å². The van der Waals surface area contributed by atoms with Crippen molar-refractivity contribution in [3.63, 3.8) is 0 Å². The predicted octanol–water partition coefficient (Wildman–Crippen LogP) is 1.46. The van der Waals surface area contributed by atoms with E-state index in [0.717, 1.165) is 5.69 Å². The van der Waals surface area contributed by atoms with E-state index in [0.29, 0.717) is 23.9 Å². The summed E-state index contributed by atoms with van der Waals surface area (Å²) in [6.45, 7) is 1.10. The molecule has 0 aliphatic carbocycles. The zero-order chi connectivity index (χ0) is 14.7. The van der Waals surface area contributed by atoms with Crippen LogP contribution in [-0.4, -0.2) is 41.3 Å². The van der Waals surface area contributed by atoms with Gasteiger partial charge in [0, 0.05) is 24.2 Å². The summed E-state index contributed by atoms with van der Waals surface area (Å²) in [5.74, 6) is -0.338. The Morgan fingerprint density at radius 2 is 2.14 bits per heavy atom. The smallest absolute Gasteiger partial charge is 0.273 e. The Hall–Kier alpha value is -2.41. The molecule has 108 valence electrons. The van der Waals surface area contributed by atoms with E-state index in [1.54, 1.807) is 5.38 Å². The summed E-state index contributed by atoms with van der Waals surface area (Å²) in [4.78, 5) is 29.4. The van der Waals surface area contributed by atoms with Gasteiger partial charge in [-0.05, 0) is 12.1 Å². The van der Waals surface area contributed by atoms with Crippen molar-refractivity contribution in [1.29, 1.82) is 0 Å². The highest BCUT2D eigenvalue weighted by Crippen LogP contribution is 2.21. The molecular weight excluding hydrogens is 288 g/mol. The number of carbonyl (C=O) groups is 2. The number of hydrogen-bond donors (Lipinski definition) is 2. The molecule has 2 amide bonds. The van der Waals surface area contributed by atoms with Crippen LogP contribution in [-0.2, 0) is 4.79 Å². The fourth-order valence-electron chi connectivity index (χ4n) is 2.05. The van der Waals surface area contributed by atoms with Crippen molar-refractivity contribution in [2.24, 2.45) is 0 Å². The monoisotopic (exact) mass is 302 g/mol. The molecule has 0 spiro atoms. The average Bonchev–Trinajstić information content (AvgIpc) is 2.96. The zero-order valence-electron chi connectivity index (χ0n) is 11.2. The molecule has 0 unspecified atom stereocenters. The standard InChI is InChI=1S/C14H14N4O2S/c19-12-8-18(7-6-15-12)13(20)11-9-21-14(17-11)16-10-4-2-1-3-5-10/h1-5,9H,6-8H2,(H,15,19)(H,16,17). The fraction of sp³-hybridized carbons (Fsp3) is 0.214. The van der Waals surface area contributed by atoms with Crippen molar-refractivity contribution in [3.8, 4) is 0 Å². The van der Waals surface area contributed by atoms with Crippen LogP contribution in [0.15, 0.2) is 35.7 Å². The Balaban J connectivity index is 1.69. The Kier molecular flexibility index (Phi) is 3.83. The summed E-state index contributed by atoms with van der Waals surface area (Å²) in [6.07, 6.45) is 0. The third-order valence-electron chi connectivity index (χ3n) is 3.07. The molecule has 2 N–H and O–H groups in total. The highest BCUT2D eigenvalue weighted by molar-refractivity contribution is 7.14. The van der Waals surface area contributed by atoms with Crippen LogP contribution in [0.3, 0.4) is 0 Å². The molecule has 1 aliphatic rings. The van der Waals surface area contributed by atoms with Gasteiger partial charge in [-0.15, -0.1) is 11.3 Å². The van der Waals surface area contributed by atoms with Crippen molar-refractivity contribution < 1.29 is 9.59 Å². The molecule has 2 aromatic rings. The van der Waals surface area contributed by atoms with E-state index >= 15 is 0 Å². The van der Waals surface area contributed by atoms with E-state index in [9.17, 15) is 9.59 Å². The molecule has 1 aliphatic heterocycles. The number of carbonyl (C=O) groups excluding carboxylic acids is 2. The number of nitrogens with one attached hydrogen (secondary N) is 2. The average molecular weight is 302 g/mol. The fourth-order valence-corrected chi connectivity index (χ4v) is 2.75. The Morgan fingerprint density at radius 1 is 1.33 bits per heavy atom. The SMILES string of the molecule is O=C1CN(C(=O)c2csc(Nc3ccccc3)n2)CCN1. The van der Waals surface area contributed by atoms with Crippen LogP contribution in [0.25, 0.3) is 0 Å². The molecule has 0 saturated carbocycles. The molecule has 0 radical (unpaired) electrons. The van der Waals surface area contributed by atoms with Gasteiger partial charge in [0.15, 0.2) is 5.13 Å². The number of nitrogens with zero attached hydrogens (tertiary/aromatic N) is 2. The molecule has 1 fully saturated rings. The lowest BCUT2D eigenvalue weighted by molar-refractivity contribution is -0.123. The summed E-state index contributed by atoms with van der Waals surface area (Å²) < 4.78 is 0. The van der Waals surface area contributed by atoms with Gasteiger partial charge in [0.1, 0.15) is 5.69 Å². The van der Waals surface area contributed by atoms with Crippen molar-refractivity contribution in [1.82, 2.24) is 15.2 Å². The van der Waals surface area contributed by atoms with Gasteiger partial charge in [-0.3, -0.25) is 9.59 Å². The van der Waals surface area contributed by atoms with Gasteiger partial charge in [0.05, 0.1) is 6.54 Å². The normalized spacial score (nSPS) is 14.7. The molecule has 0 atom stereocenters. The number of hydrogen-bond acceptors (Lipinski definition) is 5. The van der Waals surface area contributed by atoms with Gasteiger partial charge in [0.2, 0.25) is 5.91 Å². The Labute approximate surface area is 125 Å². The molecule has 1 aromatic carbocycles. The quantitative estimate of drug-likeness (QED) is 0.900. The topological polar surface area (TPSA) is 74.3 Å². The maximum absolute atomic E-state index is 12.3. The second-order valence-corrected chi connectivity index (χ2v) is 5.46. The van der Waals surface area contributed by atoms with Crippen LogP contribution in [0, 0.1) is 0 Å². The second kappa shape index (κ2) is 5.92. The maximum Gasteiger partial charge on any atom is 0.273 e. The summed E-state index contributed by atoms with van der Waals surface area (Å²) in [5, 5.41) is 8.21. The Morgan fingerprint density at radius 3 is 2.90 bits per heavy atom. The summed E-state index contributed by atoms with van der Waals surface area (Å²) in [5.41, 5.74) is 1.29. The number of benzene rings is 1. The first-order valence-corrected chi connectivity index (χ1v) is 7.44. The number of amides is 2. The minimum Gasteiger partial charge on any atom is -0.353 e. The zero-order valence-corrected chi connectivity index (χ0v) is 12.0. The van der Waals surface area contributed by atoms with Crippen LogP contribution in [0.5, 0.6) is 0 Å². The van der Waals surface area contributed by atoms with E-state index < -0.39 is 0 Å². The van der Waals surface area contributed by atoms with Crippen LogP contribution < -0.4 is 10.6 Å². The lowest BCUT2D eigenvalue weighted by Crippen LogP contribution is -2.50. The highest BCUT2D eigenvalue weighted by Gasteiger charge is 2.24. The molecule has 1 saturated heterocycles. The first-order valence-electron chi connectivity index (χ1n) is 6.56. The van der Waals surface area contributed by atoms with Crippen molar-refractivity contribution in [2.45, 2.75) is 0 Å². The number of rotatable bonds is 3. The second-order valence-electron chi connectivity index (χ2n) is 4.61. The lowest BCUT2D eigenvalue weighted by Gasteiger charge is -2.25. The minimum absolute atomic E-state index is 0.0950. The van der Waals surface area contributed by atoms with Gasteiger partial charge >= 0.3 is 0 Å². The first-order chi connectivity index (χ1) is 10.2. The van der Waals surface area contributed by atoms with Crippen LogP contribution in [0.1, 0.15) is 10.5 Å². The van der Waals surface area contributed by atoms with Crippen molar-refractivity contribution >= 4 is 34.0 Å². The third kappa shape index (κ3) is 3.19. The molecule has 1 aromatic heterocycles. The summed E-state index contributed by atoms with van der Waals surface area (Å²) in [7, 11) is 0. The molecule has 3 rings (SSSR count). The first kappa shape index (κ1) is 13.6. The van der Waals surface area contributed by atoms with E-state index in [-0.39, 0.29) is 18.4 Å². The van der Waals surface area contributed by atoms with Crippen molar-refractivity contribution in [3.05, 3.63) is 41.4 Å². The Bertz CT molecular complexity index is 656. The van der Waals surface area contributed by atoms with Gasteiger partial charge in [-0.1, -0.05) is 18.2 Å². The minimum atomic E-state index is -0.206. The number of para-hydroxylation sites is 1. The van der Waals surface area contributed by atoms with Gasteiger partial charge in [-0.2, -0.15) is 0 Å². The largest absolute Gasteiger partial charge is 0.353 e. The molecular formula is C14H14N4O2S. The molecule has 2 heterocycles. The molecule has 6 nitrogen and oxygen atoms in total. The number of aromatic nitrogens is 1. The highest BCUT2D eigenvalue weighted by atomic mass is 32.1.